The zero-order valence-corrected chi connectivity index (χ0v) is 12.8. The molecule has 1 unspecified atom stereocenters. The molecule has 0 spiro atoms. The summed E-state index contributed by atoms with van der Waals surface area (Å²) in [5.74, 6) is -0.275. The standard InChI is InChI=1S/C14H21NO4S/c1-4-14(2,9-10-16)15-13(17)11-5-7-12(8-6-11)20(3,18)19/h5-8,16H,4,9-10H2,1-3H3,(H,15,17). The minimum atomic E-state index is -3.26. The molecular weight excluding hydrogens is 278 g/mol. The van der Waals surface area contributed by atoms with Crippen LogP contribution in [0.3, 0.4) is 0 Å². The molecule has 1 aromatic rings. The van der Waals surface area contributed by atoms with Gasteiger partial charge in [-0.3, -0.25) is 4.79 Å². The van der Waals surface area contributed by atoms with Gasteiger partial charge in [0.15, 0.2) is 9.84 Å². The van der Waals surface area contributed by atoms with Crippen molar-refractivity contribution in [3.63, 3.8) is 0 Å². The molecule has 0 bridgehead atoms. The molecule has 0 aliphatic carbocycles. The molecule has 5 nitrogen and oxygen atoms in total. The Morgan fingerprint density at radius 2 is 1.85 bits per heavy atom. The normalized spacial score (nSPS) is 14.6. The topological polar surface area (TPSA) is 83.5 Å². The highest BCUT2D eigenvalue weighted by molar-refractivity contribution is 7.90. The van der Waals surface area contributed by atoms with Gasteiger partial charge in [-0.15, -0.1) is 0 Å². The molecule has 0 fully saturated rings. The molecule has 0 aliphatic rings. The van der Waals surface area contributed by atoms with E-state index in [-0.39, 0.29) is 17.4 Å². The molecule has 1 rings (SSSR count). The molecule has 112 valence electrons. The Bertz CT molecular complexity index is 565. The molecule has 20 heavy (non-hydrogen) atoms. The molecule has 0 heterocycles. The summed E-state index contributed by atoms with van der Waals surface area (Å²) in [5.41, 5.74) is -0.0727. The third kappa shape index (κ3) is 4.31. The van der Waals surface area contributed by atoms with E-state index in [2.05, 4.69) is 5.32 Å². The minimum Gasteiger partial charge on any atom is -0.396 e. The minimum absolute atomic E-state index is 0.00235. The Morgan fingerprint density at radius 1 is 1.30 bits per heavy atom. The number of carbonyl (C=O) groups excluding carboxylic acids is 1. The Morgan fingerprint density at radius 3 is 2.25 bits per heavy atom. The predicted molar refractivity (Wildman–Crippen MR) is 77.4 cm³/mol. The lowest BCUT2D eigenvalue weighted by atomic mass is 9.94. The first-order chi connectivity index (χ1) is 9.22. The van der Waals surface area contributed by atoms with E-state index in [9.17, 15) is 13.2 Å². The number of sulfone groups is 1. The van der Waals surface area contributed by atoms with Crippen LogP contribution in [0.4, 0.5) is 0 Å². The summed E-state index contributed by atoms with van der Waals surface area (Å²) in [6, 6.07) is 5.81. The Hall–Kier alpha value is -1.40. The highest BCUT2D eigenvalue weighted by Gasteiger charge is 2.24. The number of aliphatic hydroxyl groups excluding tert-OH is 1. The van der Waals surface area contributed by atoms with Crippen molar-refractivity contribution in [3.05, 3.63) is 29.8 Å². The Balaban J connectivity index is 2.88. The van der Waals surface area contributed by atoms with E-state index in [1.165, 1.54) is 24.3 Å². The lowest BCUT2D eigenvalue weighted by molar-refractivity contribution is 0.0886. The van der Waals surface area contributed by atoms with Gasteiger partial charge in [-0.1, -0.05) is 6.92 Å². The van der Waals surface area contributed by atoms with Gasteiger partial charge in [0.25, 0.3) is 5.91 Å². The average molecular weight is 299 g/mol. The number of rotatable bonds is 6. The molecule has 0 saturated heterocycles. The van der Waals surface area contributed by atoms with Gasteiger partial charge in [0.1, 0.15) is 0 Å². The summed E-state index contributed by atoms with van der Waals surface area (Å²) >= 11 is 0. The van der Waals surface area contributed by atoms with Crippen LogP contribution in [0.1, 0.15) is 37.0 Å². The first-order valence-corrected chi connectivity index (χ1v) is 8.34. The average Bonchev–Trinajstić information content (AvgIpc) is 2.38. The van der Waals surface area contributed by atoms with Crippen LogP contribution in [-0.2, 0) is 9.84 Å². The largest absolute Gasteiger partial charge is 0.396 e. The first-order valence-electron chi connectivity index (χ1n) is 6.45. The lowest BCUT2D eigenvalue weighted by Crippen LogP contribution is -2.46. The maximum atomic E-state index is 12.1. The maximum absolute atomic E-state index is 12.1. The summed E-state index contributed by atoms with van der Waals surface area (Å²) in [5, 5.41) is 11.9. The van der Waals surface area contributed by atoms with E-state index in [1.807, 2.05) is 13.8 Å². The van der Waals surface area contributed by atoms with E-state index >= 15 is 0 Å². The van der Waals surface area contributed by atoms with E-state index in [0.717, 1.165) is 6.26 Å². The van der Waals surface area contributed by atoms with Crippen molar-refractivity contribution in [3.8, 4) is 0 Å². The molecular formula is C14H21NO4S. The van der Waals surface area contributed by atoms with Crippen LogP contribution in [0.15, 0.2) is 29.2 Å². The quantitative estimate of drug-likeness (QED) is 0.831. The zero-order valence-electron chi connectivity index (χ0n) is 12.0. The first kappa shape index (κ1) is 16.7. The Labute approximate surface area is 119 Å². The van der Waals surface area contributed by atoms with Crippen LogP contribution in [0.5, 0.6) is 0 Å². The fourth-order valence-corrected chi connectivity index (χ4v) is 2.40. The molecule has 1 atom stereocenters. The smallest absolute Gasteiger partial charge is 0.251 e. The summed E-state index contributed by atoms with van der Waals surface area (Å²) < 4.78 is 22.7. The summed E-state index contributed by atoms with van der Waals surface area (Å²) in [6.45, 7) is 3.80. The second-order valence-electron chi connectivity index (χ2n) is 5.14. The van der Waals surface area contributed by atoms with E-state index in [1.54, 1.807) is 0 Å². The lowest BCUT2D eigenvalue weighted by Gasteiger charge is -2.29. The summed E-state index contributed by atoms with van der Waals surface area (Å²) in [4.78, 5) is 12.3. The van der Waals surface area contributed by atoms with Crippen LogP contribution < -0.4 is 5.32 Å². The van der Waals surface area contributed by atoms with Gasteiger partial charge >= 0.3 is 0 Å². The maximum Gasteiger partial charge on any atom is 0.251 e. The highest BCUT2D eigenvalue weighted by atomic mass is 32.2. The van der Waals surface area contributed by atoms with Gasteiger partial charge in [0.2, 0.25) is 0 Å². The third-order valence-corrected chi connectivity index (χ3v) is 4.53. The summed E-state index contributed by atoms with van der Waals surface area (Å²) in [6.07, 6.45) is 2.29. The molecule has 0 saturated carbocycles. The van der Waals surface area contributed by atoms with Crippen molar-refractivity contribution in [1.82, 2.24) is 5.32 Å². The number of benzene rings is 1. The second kappa shape index (κ2) is 6.37. The second-order valence-corrected chi connectivity index (χ2v) is 7.15. The van der Waals surface area contributed by atoms with Crippen molar-refractivity contribution in [2.45, 2.75) is 37.1 Å². The van der Waals surface area contributed by atoms with Crippen LogP contribution in [0.25, 0.3) is 0 Å². The van der Waals surface area contributed by atoms with Crippen molar-refractivity contribution in [2.75, 3.05) is 12.9 Å². The van der Waals surface area contributed by atoms with Gasteiger partial charge < -0.3 is 10.4 Å². The predicted octanol–water partition coefficient (Wildman–Crippen LogP) is 1.37. The van der Waals surface area contributed by atoms with Gasteiger partial charge in [0.05, 0.1) is 4.90 Å². The SMILES string of the molecule is CCC(C)(CCO)NC(=O)c1ccc(S(C)(=O)=O)cc1. The molecule has 0 aromatic heterocycles. The van der Waals surface area contributed by atoms with Crippen molar-refractivity contribution in [1.29, 1.82) is 0 Å². The van der Waals surface area contributed by atoms with Gasteiger partial charge in [-0.05, 0) is 44.0 Å². The van der Waals surface area contributed by atoms with E-state index in [0.29, 0.717) is 18.4 Å². The fourth-order valence-electron chi connectivity index (χ4n) is 1.77. The Kier molecular flexibility index (Phi) is 5.30. The number of amides is 1. The molecule has 6 heteroatoms. The van der Waals surface area contributed by atoms with Crippen LogP contribution in [-0.4, -0.2) is 37.8 Å². The van der Waals surface area contributed by atoms with E-state index < -0.39 is 15.4 Å². The molecule has 0 radical (unpaired) electrons. The number of hydrogen-bond donors (Lipinski definition) is 2. The molecule has 2 N–H and O–H groups in total. The number of carbonyl (C=O) groups is 1. The number of aliphatic hydroxyl groups is 1. The monoisotopic (exact) mass is 299 g/mol. The number of nitrogens with one attached hydrogen (secondary N) is 1. The van der Waals surface area contributed by atoms with Crippen LogP contribution in [0.2, 0.25) is 0 Å². The van der Waals surface area contributed by atoms with Gasteiger partial charge in [-0.2, -0.15) is 0 Å². The van der Waals surface area contributed by atoms with Crippen molar-refractivity contribution >= 4 is 15.7 Å². The van der Waals surface area contributed by atoms with Crippen molar-refractivity contribution < 1.29 is 18.3 Å². The van der Waals surface area contributed by atoms with E-state index in [4.69, 9.17) is 5.11 Å². The van der Waals surface area contributed by atoms with Crippen LogP contribution in [0, 0.1) is 0 Å². The fraction of sp³-hybridized carbons (Fsp3) is 0.500. The molecule has 1 amide bonds. The zero-order chi connectivity index (χ0) is 15.4. The number of hydrogen-bond acceptors (Lipinski definition) is 4. The highest BCUT2D eigenvalue weighted by Crippen LogP contribution is 2.16. The molecule has 1 aromatic carbocycles. The van der Waals surface area contributed by atoms with Gasteiger partial charge in [-0.25, -0.2) is 8.42 Å². The van der Waals surface area contributed by atoms with Crippen molar-refractivity contribution in [2.24, 2.45) is 0 Å². The third-order valence-electron chi connectivity index (χ3n) is 3.40. The van der Waals surface area contributed by atoms with Crippen LogP contribution >= 0.6 is 0 Å². The summed E-state index contributed by atoms with van der Waals surface area (Å²) in [7, 11) is -3.26. The van der Waals surface area contributed by atoms with Gasteiger partial charge in [0, 0.05) is 24.0 Å². The molecule has 0 aliphatic heterocycles.